The van der Waals surface area contributed by atoms with Crippen molar-refractivity contribution in [1.82, 2.24) is 5.32 Å². The molecule has 0 aliphatic carbocycles. The molecule has 0 unspecified atom stereocenters. The summed E-state index contributed by atoms with van der Waals surface area (Å²) in [5, 5.41) is 13.1. The van der Waals surface area contributed by atoms with Gasteiger partial charge in [-0.15, -0.1) is 0 Å². The Morgan fingerprint density at radius 2 is 2.31 bits per heavy atom. The predicted octanol–water partition coefficient (Wildman–Crippen LogP) is 0.921. The minimum absolute atomic E-state index is 0.0777. The Labute approximate surface area is 92.5 Å². The number of aliphatic hydroxyl groups excluding tert-OH is 1. The molecule has 0 saturated carbocycles. The van der Waals surface area contributed by atoms with Gasteiger partial charge in [0.25, 0.3) is 0 Å². The quantitative estimate of drug-likeness (QED) is 0.619. The highest BCUT2D eigenvalue weighted by Crippen LogP contribution is 2.14. The summed E-state index contributed by atoms with van der Waals surface area (Å²) >= 11 is 0. The highest BCUT2D eigenvalue weighted by atomic mass is 19.1. The van der Waals surface area contributed by atoms with E-state index in [1.54, 1.807) is 6.07 Å². The van der Waals surface area contributed by atoms with Crippen LogP contribution in [-0.2, 0) is 0 Å². The Balaban J connectivity index is 2.87. The predicted molar refractivity (Wildman–Crippen MR) is 58.4 cm³/mol. The second-order valence-corrected chi connectivity index (χ2v) is 2.86. The molecule has 5 heteroatoms. The van der Waals surface area contributed by atoms with Gasteiger partial charge in [0.1, 0.15) is 12.4 Å². The molecule has 0 spiro atoms. The summed E-state index contributed by atoms with van der Waals surface area (Å²) < 4.78 is 13.4. The van der Waals surface area contributed by atoms with Gasteiger partial charge in [0.15, 0.2) is 0 Å². The summed E-state index contributed by atoms with van der Waals surface area (Å²) in [4.78, 5) is 10.9. The number of benzene rings is 1. The van der Waals surface area contributed by atoms with Gasteiger partial charge >= 0.3 is 6.03 Å². The van der Waals surface area contributed by atoms with Crippen LogP contribution in [-0.4, -0.2) is 24.8 Å². The lowest BCUT2D eigenvalue weighted by Gasteiger charge is -2.05. The van der Waals surface area contributed by atoms with Crippen LogP contribution >= 0.6 is 0 Å². The van der Waals surface area contributed by atoms with Crippen LogP contribution in [0.5, 0.6) is 0 Å². The average Bonchev–Trinajstić information content (AvgIpc) is 2.29. The van der Waals surface area contributed by atoms with Crippen LogP contribution in [0.25, 0.3) is 0 Å². The van der Waals surface area contributed by atoms with E-state index in [4.69, 9.17) is 5.11 Å². The molecule has 0 fully saturated rings. The van der Waals surface area contributed by atoms with Gasteiger partial charge in [0.05, 0.1) is 5.69 Å². The molecule has 0 aliphatic heterocycles. The second-order valence-electron chi connectivity index (χ2n) is 2.86. The lowest BCUT2D eigenvalue weighted by atomic mass is 10.2. The molecule has 2 amide bonds. The summed E-state index contributed by atoms with van der Waals surface area (Å²) in [7, 11) is 1.44. The van der Waals surface area contributed by atoms with Crippen molar-refractivity contribution in [2.45, 2.75) is 0 Å². The number of halogens is 1. The fraction of sp³-hybridized carbons (Fsp3) is 0.182. The largest absolute Gasteiger partial charge is 0.384 e. The molecule has 1 rings (SSSR count). The molecule has 0 radical (unpaired) electrons. The Hall–Kier alpha value is -2.06. The Kier molecular flexibility index (Phi) is 4.30. The normalized spacial score (nSPS) is 8.94. The number of carbonyl (C=O) groups is 1. The zero-order valence-electron chi connectivity index (χ0n) is 8.67. The highest BCUT2D eigenvalue weighted by Gasteiger charge is 2.05. The number of amides is 2. The van der Waals surface area contributed by atoms with Gasteiger partial charge in [-0.3, -0.25) is 0 Å². The summed E-state index contributed by atoms with van der Waals surface area (Å²) in [6.45, 7) is -0.278. The van der Waals surface area contributed by atoms with Crippen LogP contribution in [0.15, 0.2) is 18.2 Å². The molecule has 3 N–H and O–H groups in total. The van der Waals surface area contributed by atoms with Gasteiger partial charge in [-0.25, -0.2) is 9.18 Å². The first-order chi connectivity index (χ1) is 7.67. The van der Waals surface area contributed by atoms with Gasteiger partial charge < -0.3 is 15.7 Å². The van der Waals surface area contributed by atoms with Gasteiger partial charge in [-0.2, -0.15) is 0 Å². The van der Waals surface area contributed by atoms with Crippen molar-refractivity contribution in [3.63, 3.8) is 0 Å². The maximum Gasteiger partial charge on any atom is 0.319 e. The van der Waals surface area contributed by atoms with Gasteiger partial charge in [-0.05, 0) is 18.2 Å². The lowest BCUT2D eigenvalue weighted by Crippen LogP contribution is -2.24. The van der Waals surface area contributed by atoms with E-state index in [0.717, 1.165) is 0 Å². The third-order valence-electron chi connectivity index (χ3n) is 1.76. The van der Waals surface area contributed by atoms with Crippen LogP contribution in [0.1, 0.15) is 5.56 Å². The zero-order chi connectivity index (χ0) is 12.0. The topological polar surface area (TPSA) is 61.4 Å². The maximum atomic E-state index is 13.4. The SMILES string of the molecule is CNC(=O)Nc1ccc(C#CCO)cc1F. The van der Waals surface area contributed by atoms with E-state index in [1.807, 2.05) is 0 Å². The molecule has 0 bridgehead atoms. The van der Waals surface area contributed by atoms with Gasteiger partial charge in [0.2, 0.25) is 0 Å². The molecule has 16 heavy (non-hydrogen) atoms. The van der Waals surface area contributed by atoms with Crippen molar-refractivity contribution in [1.29, 1.82) is 0 Å². The third-order valence-corrected chi connectivity index (χ3v) is 1.76. The van der Waals surface area contributed by atoms with Gasteiger partial charge in [-0.1, -0.05) is 11.8 Å². The number of hydrogen-bond acceptors (Lipinski definition) is 2. The van der Waals surface area contributed by atoms with Crippen molar-refractivity contribution in [3.05, 3.63) is 29.6 Å². The molecule has 1 aromatic rings. The Morgan fingerprint density at radius 3 is 2.88 bits per heavy atom. The van der Waals surface area contributed by atoms with Crippen LogP contribution in [0, 0.1) is 17.7 Å². The van der Waals surface area contributed by atoms with Crippen molar-refractivity contribution >= 4 is 11.7 Å². The molecular formula is C11H11FN2O2. The third kappa shape index (κ3) is 3.26. The highest BCUT2D eigenvalue weighted by molar-refractivity contribution is 5.89. The van der Waals surface area contributed by atoms with Crippen LogP contribution in [0.4, 0.5) is 14.9 Å². The molecule has 84 valence electrons. The number of rotatable bonds is 1. The van der Waals surface area contributed by atoms with Crippen LogP contribution < -0.4 is 10.6 Å². The van der Waals surface area contributed by atoms with Crippen LogP contribution in [0.3, 0.4) is 0 Å². The first-order valence-corrected chi connectivity index (χ1v) is 4.55. The summed E-state index contributed by atoms with van der Waals surface area (Å²) in [5.41, 5.74) is 0.517. The molecule has 4 nitrogen and oxygen atoms in total. The maximum absolute atomic E-state index is 13.4. The number of urea groups is 1. The Bertz CT molecular complexity index is 449. The van der Waals surface area contributed by atoms with Crippen molar-refractivity contribution < 1.29 is 14.3 Å². The average molecular weight is 222 g/mol. The molecule has 1 aromatic carbocycles. The second kappa shape index (κ2) is 5.73. The molecular weight excluding hydrogens is 211 g/mol. The number of aliphatic hydroxyl groups is 1. The lowest BCUT2D eigenvalue weighted by molar-refractivity contribution is 0.254. The number of hydrogen-bond donors (Lipinski definition) is 3. The molecule has 0 saturated heterocycles. The fourth-order valence-corrected chi connectivity index (χ4v) is 1.02. The molecule has 0 heterocycles. The summed E-state index contributed by atoms with van der Waals surface area (Å²) in [6, 6.07) is 3.66. The summed E-state index contributed by atoms with van der Waals surface area (Å²) in [6.07, 6.45) is 0. The van der Waals surface area contributed by atoms with E-state index < -0.39 is 11.8 Å². The molecule has 0 atom stereocenters. The number of nitrogens with one attached hydrogen (secondary N) is 2. The summed E-state index contributed by atoms with van der Waals surface area (Å²) in [5.74, 6) is 4.39. The van der Waals surface area contributed by atoms with E-state index in [0.29, 0.717) is 5.56 Å². The van der Waals surface area contributed by atoms with Crippen molar-refractivity contribution in [2.24, 2.45) is 0 Å². The van der Waals surface area contributed by atoms with Crippen LogP contribution in [0.2, 0.25) is 0 Å². The first kappa shape index (κ1) is 12.0. The minimum Gasteiger partial charge on any atom is -0.384 e. The van der Waals surface area contributed by atoms with Crippen molar-refractivity contribution in [2.75, 3.05) is 19.0 Å². The zero-order valence-corrected chi connectivity index (χ0v) is 8.67. The van der Waals surface area contributed by atoms with Crippen molar-refractivity contribution in [3.8, 4) is 11.8 Å². The van der Waals surface area contributed by atoms with E-state index in [9.17, 15) is 9.18 Å². The Morgan fingerprint density at radius 1 is 1.56 bits per heavy atom. The fourth-order valence-electron chi connectivity index (χ4n) is 1.02. The minimum atomic E-state index is -0.576. The van der Waals surface area contributed by atoms with Gasteiger partial charge in [0, 0.05) is 12.6 Å². The molecule has 0 aromatic heterocycles. The first-order valence-electron chi connectivity index (χ1n) is 4.55. The monoisotopic (exact) mass is 222 g/mol. The molecule has 0 aliphatic rings. The smallest absolute Gasteiger partial charge is 0.319 e. The number of carbonyl (C=O) groups excluding carboxylic acids is 1. The van der Waals surface area contributed by atoms with E-state index in [2.05, 4.69) is 22.5 Å². The standard InChI is InChI=1S/C11H11FN2O2/c1-13-11(16)14-10-5-4-8(3-2-6-15)7-9(10)12/h4-5,7,15H,6H2,1H3,(H2,13,14,16). The van der Waals surface area contributed by atoms with E-state index in [-0.39, 0.29) is 12.3 Å². The van der Waals surface area contributed by atoms with E-state index >= 15 is 0 Å². The van der Waals surface area contributed by atoms with E-state index in [1.165, 1.54) is 19.2 Å². The number of anilines is 1.